The molecule has 0 unspecified atom stereocenters. The molecule has 3 heteroatoms. The van der Waals surface area contributed by atoms with E-state index < -0.39 is 17.3 Å². The molecule has 5 atom stereocenters. The van der Waals surface area contributed by atoms with Crippen LogP contribution in [0.25, 0.3) is 0 Å². The smallest absolute Gasteiger partial charge is 0.0789 e. The minimum atomic E-state index is -0.814. The van der Waals surface area contributed by atoms with Crippen LogP contribution < -0.4 is 0 Å². The van der Waals surface area contributed by atoms with Gasteiger partial charge in [-0.3, -0.25) is 0 Å². The molecule has 0 aromatic carbocycles. The molecule has 2 aliphatic rings. The minimum absolute atomic E-state index is 0.0326. The van der Waals surface area contributed by atoms with Crippen LogP contribution in [0, 0.1) is 17.8 Å². The van der Waals surface area contributed by atoms with E-state index in [4.69, 9.17) is 0 Å². The zero-order valence-corrected chi connectivity index (χ0v) is 15.3. The summed E-state index contributed by atoms with van der Waals surface area (Å²) in [5.74, 6) is 0.147. The molecule has 0 aromatic heterocycles. The molecule has 0 radical (unpaired) electrons. The van der Waals surface area contributed by atoms with Gasteiger partial charge in [-0.2, -0.15) is 0 Å². The predicted molar refractivity (Wildman–Crippen MR) is 94.0 cm³/mol. The van der Waals surface area contributed by atoms with Gasteiger partial charge in [-0.1, -0.05) is 31.6 Å². The highest BCUT2D eigenvalue weighted by Crippen LogP contribution is 2.48. The van der Waals surface area contributed by atoms with Crippen molar-refractivity contribution in [1.29, 1.82) is 0 Å². The molecule has 0 saturated heterocycles. The van der Waals surface area contributed by atoms with Crippen LogP contribution in [0.1, 0.15) is 66.7 Å². The van der Waals surface area contributed by atoms with Crippen LogP contribution in [0.4, 0.5) is 0 Å². The molecular weight excluding hydrogens is 288 g/mol. The number of aliphatic hydroxyl groups excluding tert-OH is 1. The number of hydrogen-bond acceptors (Lipinski definition) is 3. The van der Waals surface area contributed by atoms with Gasteiger partial charge in [0.05, 0.1) is 17.3 Å². The third-order valence-corrected chi connectivity index (χ3v) is 5.99. The first-order valence-corrected chi connectivity index (χ1v) is 9.04. The summed E-state index contributed by atoms with van der Waals surface area (Å²) >= 11 is 0. The summed E-state index contributed by atoms with van der Waals surface area (Å²) in [5.41, 5.74) is 0.548. The lowest BCUT2D eigenvalue weighted by molar-refractivity contribution is -0.0455. The molecule has 23 heavy (non-hydrogen) atoms. The Hall–Kier alpha value is -0.640. The second kappa shape index (κ2) is 6.70. The topological polar surface area (TPSA) is 60.7 Å². The Morgan fingerprint density at radius 2 is 1.78 bits per heavy atom. The first-order chi connectivity index (χ1) is 10.5. The normalized spacial score (nSPS) is 47.3. The van der Waals surface area contributed by atoms with Crippen molar-refractivity contribution >= 4 is 0 Å². The largest absolute Gasteiger partial charge is 0.390 e. The van der Waals surface area contributed by atoms with Crippen molar-refractivity contribution in [2.75, 3.05) is 0 Å². The van der Waals surface area contributed by atoms with Crippen LogP contribution >= 0.6 is 0 Å². The van der Waals surface area contributed by atoms with Crippen molar-refractivity contribution in [3.63, 3.8) is 0 Å². The standard InChI is InChI=1S/C20H34O3/c1-13(2)15-12-17-16(8-10-20(17,5)23)19(4,22)9-6-7-14(3)11-18(15)21/h7,12-13,16-18,21-23H,6,8-11H2,1-5H3/b14-7+,15-12-/t16-,17-,18-,19-,20-/m0/s1. The minimum Gasteiger partial charge on any atom is -0.390 e. The molecule has 0 aliphatic heterocycles. The molecule has 0 aromatic rings. The van der Waals surface area contributed by atoms with Crippen molar-refractivity contribution in [2.45, 2.75) is 84.0 Å². The molecule has 2 rings (SSSR count). The maximum atomic E-state index is 11.0. The lowest BCUT2D eigenvalue weighted by Gasteiger charge is -2.37. The predicted octanol–water partition coefficient (Wildman–Crippen LogP) is 3.59. The molecule has 3 N–H and O–H groups in total. The van der Waals surface area contributed by atoms with E-state index in [2.05, 4.69) is 26.0 Å². The number of rotatable bonds is 1. The molecule has 0 heterocycles. The van der Waals surface area contributed by atoms with Crippen molar-refractivity contribution < 1.29 is 15.3 Å². The maximum absolute atomic E-state index is 11.0. The lowest BCUT2D eigenvalue weighted by Crippen LogP contribution is -2.41. The van der Waals surface area contributed by atoms with Gasteiger partial charge in [-0.25, -0.2) is 0 Å². The monoisotopic (exact) mass is 322 g/mol. The lowest BCUT2D eigenvalue weighted by atomic mass is 9.74. The van der Waals surface area contributed by atoms with Gasteiger partial charge in [0.15, 0.2) is 0 Å². The SMILES string of the molecule is C/C1=C\CC[C@](C)(O)[C@H]2CC[C@](C)(O)[C@H]2/C=C(/C(C)C)[C@@H](O)C1. The van der Waals surface area contributed by atoms with Crippen LogP contribution in [-0.4, -0.2) is 32.6 Å². The van der Waals surface area contributed by atoms with Gasteiger partial charge < -0.3 is 15.3 Å². The van der Waals surface area contributed by atoms with E-state index in [1.54, 1.807) is 0 Å². The van der Waals surface area contributed by atoms with E-state index in [1.165, 1.54) is 5.57 Å². The van der Waals surface area contributed by atoms with Crippen LogP contribution in [0.15, 0.2) is 23.3 Å². The molecule has 0 spiro atoms. The fourth-order valence-electron chi connectivity index (χ4n) is 4.42. The Balaban J connectivity index is 2.49. The van der Waals surface area contributed by atoms with Crippen LogP contribution in [0.3, 0.4) is 0 Å². The quantitative estimate of drug-likeness (QED) is 0.647. The van der Waals surface area contributed by atoms with E-state index in [9.17, 15) is 15.3 Å². The second-order valence-electron chi connectivity index (χ2n) is 8.52. The summed E-state index contributed by atoms with van der Waals surface area (Å²) in [4.78, 5) is 0. The third kappa shape index (κ3) is 4.07. The molecule has 2 aliphatic carbocycles. The molecule has 3 nitrogen and oxygen atoms in total. The Bertz CT molecular complexity index is 485. The van der Waals surface area contributed by atoms with Crippen molar-refractivity contribution in [2.24, 2.45) is 17.8 Å². The van der Waals surface area contributed by atoms with Gasteiger partial charge in [0.25, 0.3) is 0 Å². The zero-order valence-electron chi connectivity index (χ0n) is 15.3. The van der Waals surface area contributed by atoms with Crippen LogP contribution in [0.2, 0.25) is 0 Å². The average molecular weight is 322 g/mol. The molecule has 132 valence electrons. The Morgan fingerprint density at radius 1 is 1.13 bits per heavy atom. The van der Waals surface area contributed by atoms with Crippen LogP contribution in [0.5, 0.6) is 0 Å². The fourth-order valence-corrected chi connectivity index (χ4v) is 4.42. The van der Waals surface area contributed by atoms with Crippen molar-refractivity contribution in [1.82, 2.24) is 0 Å². The summed E-state index contributed by atoms with van der Waals surface area (Å²) < 4.78 is 0. The zero-order chi connectivity index (χ0) is 17.4. The Labute approximate surface area is 141 Å². The summed E-state index contributed by atoms with van der Waals surface area (Å²) in [6.45, 7) is 10.0. The number of fused-ring (bicyclic) bond motifs is 1. The summed E-state index contributed by atoms with van der Waals surface area (Å²) in [7, 11) is 0. The Kier molecular flexibility index (Phi) is 5.44. The average Bonchev–Trinajstić information content (AvgIpc) is 2.69. The highest BCUT2D eigenvalue weighted by Gasteiger charge is 2.49. The molecular formula is C20H34O3. The van der Waals surface area contributed by atoms with E-state index in [0.717, 1.165) is 18.4 Å². The van der Waals surface area contributed by atoms with Crippen LogP contribution in [-0.2, 0) is 0 Å². The first-order valence-electron chi connectivity index (χ1n) is 9.04. The van der Waals surface area contributed by atoms with E-state index in [1.807, 2.05) is 20.8 Å². The van der Waals surface area contributed by atoms with Gasteiger partial charge in [0.1, 0.15) is 0 Å². The van der Waals surface area contributed by atoms with Gasteiger partial charge >= 0.3 is 0 Å². The van der Waals surface area contributed by atoms with Gasteiger partial charge in [0, 0.05) is 5.92 Å². The molecule has 0 bridgehead atoms. The highest BCUT2D eigenvalue weighted by atomic mass is 16.3. The fraction of sp³-hybridized carbons (Fsp3) is 0.800. The first kappa shape index (κ1) is 18.7. The number of aliphatic hydroxyl groups is 3. The van der Waals surface area contributed by atoms with Crippen molar-refractivity contribution in [3.8, 4) is 0 Å². The second-order valence-corrected chi connectivity index (χ2v) is 8.52. The van der Waals surface area contributed by atoms with E-state index >= 15 is 0 Å². The third-order valence-electron chi connectivity index (χ3n) is 5.99. The maximum Gasteiger partial charge on any atom is 0.0789 e. The van der Waals surface area contributed by atoms with E-state index in [-0.39, 0.29) is 17.8 Å². The van der Waals surface area contributed by atoms with E-state index in [0.29, 0.717) is 19.3 Å². The summed E-state index contributed by atoms with van der Waals surface area (Å²) in [6, 6.07) is 0. The molecule has 1 fully saturated rings. The molecule has 0 amide bonds. The van der Waals surface area contributed by atoms with Crippen molar-refractivity contribution in [3.05, 3.63) is 23.3 Å². The van der Waals surface area contributed by atoms with Gasteiger partial charge in [-0.05, 0) is 70.3 Å². The van der Waals surface area contributed by atoms with Gasteiger partial charge in [0.2, 0.25) is 0 Å². The number of hydrogen-bond donors (Lipinski definition) is 3. The molecule has 1 saturated carbocycles. The highest BCUT2D eigenvalue weighted by molar-refractivity contribution is 5.21. The summed E-state index contributed by atoms with van der Waals surface area (Å²) in [5, 5.41) is 32.6. The number of allylic oxidation sites excluding steroid dienone is 1. The Morgan fingerprint density at radius 3 is 2.39 bits per heavy atom. The van der Waals surface area contributed by atoms with Gasteiger partial charge in [-0.15, -0.1) is 0 Å². The summed E-state index contributed by atoms with van der Waals surface area (Å²) in [6.07, 6.45) is 7.38.